The number of aromatic nitrogens is 6. The molecule has 0 amide bonds. The van der Waals surface area contributed by atoms with Crippen molar-refractivity contribution in [2.45, 2.75) is 65.1 Å². The highest BCUT2D eigenvalue weighted by molar-refractivity contribution is 7.18. The van der Waals surface area contributed by atoms with Gasteiger partial charge in [0.1, 0.15) is 0 Å². The molecule has 1 saturated carbocycles. The summed E-state index contributed by atoms with van der Waals surface area (Å²) < 4.78 is 0. The molecule has 0 radical (unpaired) electrons. The van der Waals surface area contributed by atoms with E-state index in [1.807, 2.05) is 26.1 Å². The Morgan fingerprint density at radius 1 is 0.914 bits per heavy atom. The predicted molar refractivity (Wildman–Crippen MR) is 141 cm³/mol. The van der Waals surface area contributed by atoms with Crippen LogP contribution in [0.2, 0.25) is 0 Å². The third-order valence-electron chi connectivity index (χ3n) is 5.77. The third-order valence-corrected chi connectivity index (χ3v) is 7.53. The van der Waals surface area contributed by atoms with Crippen LogP contribution < -0.4 is 16.0 Å². The van der Waals surface area contributed by atoms with Crippen LogP contribution in [0.5, 0.6) is 0 Å². The zero-order valence-electron chi connectivity index (χ0n) is 19.9. The first kappa shape index (κ1) is 23.7. The molecule has 0 unspecified atom stereocenters. The van der Waals surface area contributed by atoms with Gasteiger partial charge in [0.25, 0.3) is 0 Å². The number of aryl methyl sites for hydroxylation is 2. The number of rotatable bonds is 9. The average Bonchev–Trinajstić information content (AvgIpc) is 3.49. The first-order chi connectivity index (χ1) is 17.1. The lowest BCUT2D eigenvalue weighted by Gasteiger charge is -2.22. The van der Waals surface area contributed by atoms with Crippen molar-refractivity contribution < 1.29 is 0 Å². The van der Waals surface area contributed by atoms with E-state index in [0.717, 1.165) is 37.8 Å². The summed E-state index contributed by atoms with van der Waals surface area (Å²) in [5, 5.41) is 14.0. The summed E-state index contributed by atoms with van der Waals surface area (Å²) in [7, 11) is 0. The molecule has 9 nitrogen and oxygen atoms in total. The van der Waals surface area contributed by atoms with Gasteiger partial charge in [0, 0.05) is 36.4 Å². The molecule has 0 saturated heterocycles. The molecule has 182 valence electrons. The molecule has 1 aliphatic carbocycles. The van der Waals surface area contributed by atoms with Crippen molar-refractivity contribution in [2.24, 2.45) is 0 Å². The van der Waals surface area contributed by atoms with Gasteiger partial charge >= 0.3 is 0 Å². The van der Waals surface area contributed by atoms with Crippen molar-refractivity contribution in [2.75, 3.05) is 10.6 Å². The van der Waals surface area contributed by atoms with Crippen LogP contribution in [0.25, 0.3) is 10.6 Å². The molecule has 4 heterocycles. The Kier molecular flexibility index (Phi) is 7.55. The smallest absolute Gasteiger partial charge is 0.223 e. The van der Waals surface area contributed by atoms with Crippen LogP contribution in [-0.2, 0) is 13.1 Å². The van der Waals surface area contributed by atoms with Crippen molar-refractivity contribution in [1.29, 1.82) is 0 Å². The highest BCUT2D eigenvalue weighted by Gasteiger charge is 2.16. The summed E-state index contributed by atoms with van der Waals surface area (Å²) >= 11 is 3.20. The van der Waals surface area contributed by atoms with E-state index in [1.54, 1.807) is 23.7 Å². The maximum Gasteiger partial charge on any atom is 0.223 e. The van der Waals surface area contributed by atoms with E-state index < -0.39 is 0 Å². The lowest BCUT2D eigenvalue weighted by atomic mass is 9.96. The Morgan fingerprint density at radius 2 is 1.77 bits per heavy atom. The Labute approximate surface area is 212 Å². The highest BCUT2D eigenvalue weighted by atomic mass is 32.1. The van der Waals surface area contributed by atoms with E-state index in [0.29, 0.717) is 30.9 Å². The summed E-state index contributed by atoms with van der Waals surface area (Å²) in [4.78, 5) is 28.3. The lowest BCUT2D eigenvalue weighted by molar-refractivity contribution is 0.461. The minimum Gasteiger partial charge on any atom is -0.351 e. The number of hydrogen-bond donors (Lipinski definition) is 3. The number of nitrogens with one attached hydrogen (secondary N) is 3. The summed E-state index contributed by atoms with van der Waals surface area (Å²) in [6.45, 7) is 5.36. The molecule has 0 spiro atoms. The zero-order chi connectivity index (χ0) is 24.0. The van der Waals surface area contributed by atoms with E-state index >= 15 is 0 Å². The second-order valence-corrected chi connectivity index (χ2v) is 10.8. The molecule has 1 aliphatic rings. The van der Waals surface area contributed by atoms with Crippen LogP contribution in [0.4, 0.5) is 16.9 Å². The highest BCUT2D eigenvalue weighted by Crippen LogP contribution is 2.30. The molecule has 35 heavy (non-hydrogen) atoms. The largest absolute Gasteiger partial charge is 0.351 e. The van der Waals surface area contributed by atoms with Gasteiger partial charge in [-0.3, -0.25) is 4.98 Å². The van der Waals surface area contributed by atoms with Gasteiger partial charge < -0.3 is 16.0 Å². The fourth-order valence-corrected chi connectivity index (χ4v) is 5.46. The van der Waals surface area contributed by atoms with Gasteiger partial charge in [-0.15, -0.1) is 11.3 Å². The summed E-state index contributed by atoms with van der Waals surface area (Å²) in [5.74, 6) is 1.36. The fraction of sp³-hybridized carbons (Fsp3) is 0.417. The molecular formula is C24H29N9S2. The Hall–Kier alpha value is -3.02. The Morgan fingerprint density at radius 3 is 2.54 bits per heavy atom. The van der Waals surface area contributed by atoms with Crippen molar-refractivity contribution in [3.63, 3.8) is 0 Å². The lowest BCUT2D eigenvalue weighted by Crippen LogP contribution is -2.23. The van der Waals surface area contributed by atoms with Gasteiger partial charge in [-0.05, 0) is 32.8 Å². The second-order valence-electron chi connectivity index (χ2n) is 8.71. The topological polar surface area (TPSA) is 113 Å². The fourth-order valence-electron chi connectivity index (χ4n) is 4.07. The summed E-state index contributed by atoms with van der Waals surface area (Å²) in [5.41, 5.74) is 3.74. The maximum atomic E-state index is 4.76. The van der Waals surface area contributed by atoms with E-state index in [-0.39, 0.29) is 0 Å². The predicted octanol–water partition coefficient (Wildman–Crippen LogP) is 5.24. The van der Waals surface area contributed by atoms with Gasteiger partial charge in [0.05, 0.1) is 39.4 Å². The molecule has 4 aromatic heterocycles. The molecule has 0 aromatic carbocycles. The molecule has 0 aliphatic heterocycles. The van der Waals surface area contributed by atoms with Gasteiger partial charge in [-0.1, -0.05) is 30.6 Å². The normalized spacial score (nSPS) is 14.2. The van der Waals surface area contributed by atoms with Gasteiger partial charge in [0.2, 0.25) is 5.95 Å². The maximum absolute atomic E-state index is 4.76. The van der Waals surface area contributed by atoms with Crippen LogP contribution in [0, 0.1) is 13.8 Å². The van der Waals surface area contributed by atoms with Crippen LogP contribution in [0.1, 0.15) is 54.2 Å². The molecule has 3 N–H and O–H groups in total. The van der Waals surface area contributed by atoms with Crippen LogP contribution >= 0.6 is 22.7 Å². The molecule has 5 rings (SSSR count). The van der Waals surface area contributed by atoms with Gasteiger partial charge in [-0.2, -0.15) is 0 Å². The van der Waals surface area contributed by atoms with Crippen LogP contribution in [-0.4, -0.2) is 35.9 Å². The van der Waals surface area contributed by atoms with E-state index in [9.17, 15) is 0 Å². The Bertz CT molecular complexity index is 1250. The summed E-state index contributed by atoms with van der Waals surface area (Å²) in [6, 6.07) is 2.46. The Balaban J connectivity index is 1.18. The van der Waals surface area contributed by atoms with E-state index in [1.165, 1.54) is 43.4 Å². The minimum atomic E-state index is 0.463. The first-order valence-electron chi connectivity index (χ1n) is 11.9. The SMILES string of the molecule is Cc1cc(-c2cnc(Nc3cnc(CNCc4csc(C)n4)cn3)s2)nc(NC2CCCCC2)n1. The number of nitrogens with zero attached hydrogens (tertiary/aromatic N) is 6. The molecule has 0 atom stereocenters. The number of hydrogen-bond acceptors (Lipinski definition) is 11. The molecule has 1 fully saturated rings. The monoisotopic (exact) mass is 507 g/mol. The van der Waals surface area contributed by atoms with Crippen molar-refractivity contribution in [3.05, 3.63) is 52.1 Å². The van der Waals surface area contributed by atoms with E-state index in [2.05, 4.69) is 46.3 Å². The van der Waals surface area contributed by atoms with Crippen molar-refractivity contribution in [1.82, 2.24) is 35.2 Å². The minimum absolute atomic E-state index is 0.463. The van der Waals surface area contributed by atoms with Gasteiger partial charge in [0.15, 0.2) is 10.9 Å². The van der Waals surface area contributed by atoms with Crippen molar-refractivity contribution >= 4 is 39.6 Å². The summed E-state index contributed by atoms with van der Waals surface area (Å²) in [6.07, 6.45) is 11.6. The molecule has 4 aromatic rings. The number of anilines is 3. The van der Waals surface area contributed by atoms with Gasteiger partial charge in [-0.25, -0.2) is 24.9 Å². The quantitative estimate of drug-likeness (QED) is 0.280. The van der Waals surface area contributed by atoms with Crippen LogP contribution in [0.3, 0.4) is 0 Å². The molecular weight excluding hydrogens is 478 g/mol. The van der Waals surface area contributed by atoms with Crippen molar-refractivity contribution in [3.8, 4) is 10.6 Å². The zero-order valence-corrected chi connectivity index (χ0v) is 21.5. The molecule has 11 heteroatoms. The average molecular weight is 508 g/mol. The second kappa shape index (κ2) is 11.1. The first-order valence-corrected chi connectivity index (χ1v) is 13.6. The third kappa shape index (κ3) is 6.56. The molecule has 0 bridgehead atoms. The van der Waals surface area contributed by atoms with Crippen LogP contribution in [0.15, 0.2) is 30.0 Å². The number of thiazole rings is 2. The van der Waals surface area contributed by atoms with E-state index in [4.69, 9.17) is 4.98 Å². The standard InChI is InChI=1S/C24H29N9S2/c1-15-8-20(32-23(29-15)31-17-6-4-3-5-7-17)21-12-28-24(35-21)33-22-13-26-18(11-27-22)9-25-10-19-14-34-16(2)30-19/h8,11-14,17,25H,3-7,9-10H2,1-2H3,(H,27,28,33)(H,29,31,32).